The Morgan fingerprint density at radius 1 is 0.912 bits per heavy atom. The monoisotopic (exact) mass is 506 g/mol. The van der Waals surface area contributed by atoms with E-state index in [1.54, 1.807) is 0 Å². The molecule has 1 saturated heterocycles. The van der Waals surface area contributed by atoms with Gasteiger partial charge in [0.2, 0.25) is 0 Å². The maximum absolute atomic E-state index is 6.38. The van der Waals surface area contributed by atoms with Crippen molar-refractivity contribution in [1.29, 1.82) is 0 Å². The molecule has 1 N–H and O–H groups in total. The van der Waals surface area contributed by atoms with Gasteiger partial charge in [-0.05, 0) is 98.7 Å². The molecule has 7 heteroatoms. The van der Waals surface area contributed by atoms with E-state index in [2.05, 4.69) is 52.7 Å². The van der Waals surface area contributed by atoms with Gasteiger partial charge in [-0.15, -0.1) is 0 Å². The summed E-state index contributed by atoms with van der Waals surface area (Å²) in [7, 11) is 0. The number of nitrogens with one attached hydrogen (secondary N) is 1. The number of hydrogen-bond acceptors (Lipinski definition) is 2. The maximum Gasteiger partial charge on any atom is 0.174 e. The number of aromatic nitrogens is 2. The number of anilines is 1. The summed E-state index contributed by atoms with van der Waals surface area (Å²) in [6.45, 7) is 6.38. The van der Waals surface area contributed by atoms with Crippen molar-refractivity contribution >= 4 is 46.2 Å². The van der Waals surface area contributed by atoms with E-state index < -0.39 is 0 Å². The molecule has 0 spiro atoms. The molecule has 0 saturated carbocycles. The lowest BCUT2D eigenvalue weighted by Gasteiger charge is -2.28. The van der Waals surface area contributed by atoms with E-state index in [0.717, 1.165) is 34.0 Å². The van der Waals surface area contributed by atoms with Gasteiger partial charge in [-0.3, -0.25) is 4.98 Å². The lowest BCUT2D eigenvalue weighted by Crippen LogP contribution is -2.29. The van der Waals surface area contributed by atoms with E-state index in [1.165, 1.54) is 5.56 Å². The van der Waals surface area contributed by atoms with Gasteiger partial charge < -0.3 is 14.8 Å². The van der Waals surface area contributed by atoms with Crippen molar-refractivity contribution in [3.05, 3.63) is 111 Å². The molecule has 2 atom stereocenters. The van der Waals surface area contributed by atoms with Gasteiger partial charge in [-0.2, -0.15) is 0 Å². The number of nitrogens with zero attached hydrogens (tertiary/aromatic N) is 3. The number of halogens is 2. The first-order valence-corrected chi connectivity index (χ1v) is 12.2. The molecule has 4 nitrogen and oxygen atoms in total. The second-order valence-electron chi connectivity index (χ2n) is 8.57. The minimum absolute atomic E-state index is 0.0944. The normalized spacial score (nSPS) is 17.8. The highest BCUT2D eigenvalue weighted by Gasteiger charge is 2.42. The Hall–Kier alpha value is -2.86. The van der Waals surface area contributed by atoms with Crippen LogP contribution in [0.3, 0.4) is 0 Å². The number of hydrogen-bond donors (Lipinski definition) is 1. The third kappa shape index (κ3) is 3.98. The van der Waals surface area contributed by atoms with Crippen LogP contribution in [0.25, 0.3) is 5.69 Å². The van der Waals surface area contributed by atoms with Gasteiger partial charge in [0.1, 0.15) is 0 Å². The second kappa shape index (κ2) is 9.06. The zero-order chi connectivity index (χ0) is 24.0. The average Bonchev–Trinajstić information content (AvgIpc) is 3.32. The Morgan fingerprint density at radius 3 is 2.35 bits per heavy atom. The molecule has 0 radical (unpaired) electrons. The molecule has 3 heterocycles. The van der Waals surface area contributed by atoms with Crippen LogP contribution in [0, 0.1) is 20.8 Å². The fourth-order valence-electron chi connectivity index (χ4n) is 4.83. The Balaban J connectivity index is 1.70. The molecular formula is C27H24Cl2N4S. The zero-order valence-corrected chi connectivity index (χ0v) is 21.4. The fraction of sp³-hybridized carbons (Fsp3) is 0.185. The number of benzene rings is 2. The number of thiocarbonyl (C=S) groups is 1. The molecule has 1 aliphatic heterocycles. The summed E-state index contributed by atoms with van der Waals surface area (Å²) in [4.78, 5) is 6.83. The second-order valence-corrected chi connectivity index (χ2v) is 9.83. The van der Waals surface area contributed by atoms with Crippen LogP contribution in [-0.4, -0.2) is 14.7 Å². The smallest absolute Gasteiger partial charge is 0.174 e. The van der Waals surface area contributed by atoms with Crippen LogP contribution >= 0.6 is 35.4 Å². The Labute approximate surface area is 215 Å². The Bertz CT molecular complexity index is 1370. The van der Waals surface area contributed by atoms with Crippen molar-refractivity contribution in [3.63, 3.8) is 0 Å². The number of pyridine rings is 1. The zero-order valence-electron chi connectivity index (χ0n) is 19.1. The van der Waals surface area contributed by atoms with Crippen LogP contribution in [0.2, 0.25) is 10.0 Å². The summed E-state index contributed by atoms with van der Waals surface area (Å²) in [5.41, 5.74) is 7.60. The molecule has 0 bridgehead atoms. The van der Waals surface area contributed by atoms with Crippen molar-refractivity contribution in [2.75, 3.05) is 4.90 Å². The van der Waals surface area contributed by atoms with Gasteiger partial charge >= 0.3 is 0 Å². The predicted octanol–water partition coefficient (Wildman–Crippen LogP) is 7.28. The summed E-state index contributed by atoms with van der Waals surface area (Å²) < 4.78 is 2.27. The quantitative estimate of drug-likeness (QED) is 0.294. The van der Waals surface area contributed by atoms with E-state index >= 15 is 0 Å². The molecule has 4 aromatic rings. The standard InChI is InChI=1S/C27H24Cl2N4S/c1-16-7-8-20(29)15-24(16)32-17(2)14-22(18(32)3)26-25(23-6-4-5-13-30-23)31-27(34)33(26)21-11-9-19(28)10-12-21/h4-15,25-26H,1-3H3,(H,31,34)/t25-,26-/m0/s1. The van der Waals surface area contributed by atoms with Gasteiger partial charge in [-0.25, -0.2) is 0 Å². The van der Waals surface area contributed by atoms with Crippen LogP contribution in [0.15, 0.2) is 72.9 Å². The van der Waals surface area contributed by atoms with Crippen molar-refractivity contribution in [2.45, 2.75) is 32.9 Å². The molecule has 1 fully saturated rings. The molecule has 34 heavy (non-hydrogen) atoms. The lowest BCUT2D eigenvalue weighted by molar-refractivity contribution is 0.565. The Morgan fingerprint density at radius 2 is 1.65 bits per heavy atom. The van der Waals surface area contributed by atoms with Gasteiger partial charge in [0, 0.05) is 39.0 Å². The van der Waals surface area contributed by atoms with Gasteiger partial charge in [-0.1, -0.05) is 35.3 Å². The van der Waals surface area contributed by atoms with Crippen molar-refractivity contribution in [1.82, 2.24) is 14.9 Å². The van der Waals surface area contributed by atoms with E-state index in [1.807, 2.05) is 60.8 Å². The summed E-state index contributed by atoms with van der Waals surface area (Å²) in [6, 6.07) is 21.8. The lowest BCUT2D eigenvalue weighted by atomic mass is 9.96. The first-order valence-electron chi connectivity index (χ1n) is 11.1. The minimum Gasteiger partial charge on any atom is -0.351 e. The van der Waals surface area contributed by atoms with Gasteiger partial charge in [0.15, 0.2) is 5.11 Å². The minimum atomic E-state index is -0.112. The molecule has 1 aliphatic rings. The number of aryl methyl sites for hydroxylation is 2. The third-order valence-electron chi connectivity index (χ3n) is 6.40. The summed E-state index contributed by atoms with van der Waals surface area (Å²) in [5.74, 6) is 0. The van der Waals surface area contributed by atoms with E-state index in [4.69, 9.17) is 35.4 Å². The highest BCUT2D eigenvalue weighted by atomic mass is 35.5. The average molecular weight is 507 g/mol. The predicted molar refractivity (Wildman–Crippen MR) is 144 cm³/mol. The molecule has 0 aliphatic carbocycles. The SMILES string of the molecule is Cc1ccc(Cl)cc1-n1c(C)cc([C@H]2[C@H](c3ccccn3)NC(=S)N2c2ccc(Cl)cc2)c1C. The maximum atomic E-state index is 6.38. The van der Waals surface area contributed by atoms with E-state index in [9.17, 15) is 0 Å². The summed E-state index contributed by atoms with van der Waals surface area (Å²) in [6.07, 6.45) is 1.82. The Kier molecular flexibility index (Phi) is 6.11. The van der Waals surface area contributed by atoms with Crippen LogP contribution in [0.1, 0.15) is 40.3 Å². The van der Waals surface area contributed by atoms with Crippen molar-refractivity contribution in [3.8, 4) is 5.69 Å². The van der Waals surface area contributed by atoms with Crippen LogP contribution in [0.4, 0.5) is 5.69 Å². The van der Waals surface area contributed by atoms with E-state index in [-0.39, 0.29) is 12.1 Å². The fourth-order valence-corrected chi connectivity index (χ4v) is 5.47. The molecular weight excluding hydrogens is 483 g/mol. The first-order chi connectivity index (χ1) is 16.3. The molecule has 172 valence electrons. The molecule has 0 amide bonds. The van der Waals surface area contributed by atoms with Gasteiger partial charge in [0.25, 0.3) is 0 Å². The molecule has 0 unspecified atom stereocenters. The largest absolute Gasteiger partial charge is 0.351 e. The summed E-state index contributed by atoms with van der Waals surface area (Å²) in [5, 5.41) is 5.59. The first kappa shape index (κ1) is 22.9. The van der Waals surface area contributed by atoms with Crippen LogP contribution < -0.4 is 10.2 Å². The van der Waals surface area contributed by atoms with Crippen molar-refractivity contribution in [2.24, 2.45) is 0 Å². The van der Waals surface area contributed by atoms with Gasteiger partial charge in [0.05, 0.1) is 17.8 Å². The number of rotatable bonds is 4. The molecule has 2 aromatic heterocycles. The highest BCUT2D eigenvalue weighted by Crippen LogP contribution is 2.44. The topological polar surface area (TPSA) is 33.1 Å². The summed E-state index contributed by atoms with van der Waals surface area (Å²) >= 11 is 18.4. The van der Waals surface area contributed by atoms with Crippen LogP contribution in [-0.2, 0) is 0 Å². The molecule has 5 rings (SSSR count). The van der Waals surface area contributed by atoms with Crippen molar-refractivity contribution < 1.29 is 0 Å². The van der Waals surface area contributed by atoms with E-state index in [0.29, 0.717) is 15.2 Å². The third-order valence-corrected chi connectivity index (χ3v) is 7.21. The van der Waals surface area contributed by atoms with Crippen LogP contribution in [0.5, 0.6) is 0 Å². The molecule has 2 aromatic carbocycles. The highest BCUT2D eigenvalue weighted by molar-refractivity contribution is 7.80.